The fraction of sp³-hybridized carbons (Fsp3) is 0.833. The molecule has 16 heavy (non-hydrogen) atoms. The van der Waals surface area contributed by atoms with Gasteiger partial charge in [-0.3, -0.25) is 9.59 Å². The molecule has 1 aliphatic rings. The van der Waals surface area contributed by atoms with Crippen LogP contribution in [-0.2, 0) is 9.59 Å². The normalized spacial score (nSPS) is 25.9. The van der Waals surface area contributed by atoms with Crippen molar-refractivity contribution in [3.05, 3.63) is 0 Å². The van der Waals surface area contributed by atoms with Crippen molar-refractivity contribution in [2.24, 2.45) is 5.41 Å². The third-order valence-corrected chi connectivity index (χ3v) is 2.76. The van der Waals surface area contributed by atoms with Crippen molar-refractivity contribution < 1.29 is 14.7 Å². The van der Waals surface area contributed by atoms with E-state index in [0.717, 1.165) is 0 Å². The maximum absolute atomic E-state index is 12.0. The van der Waals surface area contributed by atoms with Crippen LogP contribution in [0.25, 0.3) is 0 Å². The minimum Gasteiger partial charge on any atom is -0.391 e. The fourth-order valence-corrected chi connectivity index (χ4v) is 2.11. The van der Waals surface area contributed by atoms with Crippen molar-refractivity contribution in [1.82, 2.24) is 4.90 Å². The van der Waals surface area contributed by atoms with Gasteiger partial charge in [-0.25, -0.2) is 0 Å². The van der Waals surface area contributed by atoms with Crippen LogP contribution >= 0.6 is 0 Å². The Hall–Kier alpha value is -0.900. The average molecular weight is 227 g/mol. The first-order valence-electron chi connectivity index (χ1n) is 5.69. The number of ketones is 1. The van der Waals surface area contributed by atoms with E-state index in [1.165, 1.54) is 11.8 Å². The lowest BCUT2D eigenvalue weighted by Gasteiger charge is -2.25. The Morgan fingerprint density at radius 1 is 1.38 bits per heavy atom. The highest BCUT2D eigenvalue weighted by molar-refractivity contribution is 5.89. The van der Waals surface area contributed by atoms with Crippen LogP contribution in [0.1, 0.15) is 40.5 Å². The highest BCUT2D eigenvalue weighted by Crippen LogP contribution is 2.25. The topological polar surface area (TPSA) is 57.6 Å². The maximum Gasteiger partial charge on any atom is 0.220 e. The largest absolute Gasteiger partial charge is 0.391 e. The summed E-state index contributed by atoms with van der Waals surface area (Å²) >= 11 is 0. The number of nitrogens with zero attached hydrogens (tertiary/aromatic N) is 1. The number of rotatable bonds is 2. The Kier molecular flexibility index (Phi) is 3.73. The molecule has 0 spiro atoms. The molecular formula is C12H21NO3. The van der Waals surface area contributed by atoms with Gasteiger partial charge in [0.15, 0.2) is 5.78 Å². The second-order valence-electron chi connectivity index (χ2n) is 5.78. The van der Waals surface area contributed by atoms with Crippen LogP contribution in [0.5, 0.6) is 0 Å². The number of aliphatic hydroxyl groups is 1. The second kappa shape index (κ2) is 4.53. The molecule has 92 valence electrons. The zero-order valence-electron chi connectivity index (χ0n) is 10.5. The van der Waals surface area contributed by atoms with E-state index >= 15 is 0 Å². The summed E-state index contributed by atoms with van der Waals surface area (Å²) in [5.41, 5.74) is -0.0763. The van der Waals surface area contributed by atoms with Gasteiger partial charge in [-0.05, 0) is 5.41 Å². The van der Waals surface area contributed by atoms with E-state index in [2.05, 4.69) is 0 Å². The Bertz CT molecular complexity index is 293. The van der Waals surface area contributed by atoms with Crippen LogP contribution in [0.3, 0.4) is 0 Å². The molecular weight excluding hydrogens is 206 g/mol. The number of amides is 1. The molecule has 1 saturated heterocycles. The van der Waals surface area contributed by atoms with Crippen molar-refractivity contribution in [2.45, 2.75) is 52.7 Å². The molecule has 1 heterocycles. The number of carbonyl (C=O) groups excluding carboxylic acids is 2. The number of β-amino-alcohol motifs (C(OH)–C–C–N with tert-alkyl or cyclic N) is 1. The van der Waals surface area contributed by atoms with Gasteiger partial charge in [0.05, 0.1) is 12.1 Å². The summed E-state index contributed by atoms with van der Waals surface area (Å²) in [6.45, 7) is 7.71. The molecule has 2 unspecified atom stereocenters. The predicted octanol–water partition coefficient (Wildman–Crippen LogP) is 0.973. The molecule has 1 amide bonds. The van der Waals surface area contributed by atoms with Crippen LogP contribution in [0, 0.1) is 5.41 Å². The number of Topliss-reactive ketones (excluding diaryl/α,β-unsaturated/α-hetero) is 1. The molecule has 0 bridgehead atoms. The van der Waals surface area contributed by atoms with Crippen LogP contribution < -0.4 is 0 Å². The molecule has 2 atom stereocenters. The third kappa shape index (κ3) is 3.30. The average Bonchev–Trinajstić information content (AvgIpc) is 2.44. The van der Waals surface area contributed by atoms with E-state index in [1.54, 1.807) is 0 Å². The van der Waals surface area contributed by atoms with Crippen LogP contribution in [-0.4, -0.2) is 40.4 Å². The van der Waals surface area contributed by atoms with Gasteiger partial charge in [0.1, 0.15) is 0 Å². The van der Waals surface area contributed by atoms with E-state index in [0.29, 0.717) is 12.8 Å². The molecule has 4 heteroatoms. The van der Waals surface area contributed by atoms with Gasteiger partial charge in [-0.2, -0.15) is 0 Å². The lowest BCUT2D eigenvalue weighted by atomic mass is 9.87. The summed E-state index contributed by atoms with van der Waals surface area (Å²) in [7, 11) is 0. The number of carbonyl (C=O) groups is 2. The molecule has 0 radical (unpaired) electrons. The van der Waals surface area contributed by atoms with Crippen molar-refractivity contribution in [1.29, 1.82) is 0 Å². The lowest BCUT2D eigenvalue weighted by molar-refractivity contribution is -0.136. The van der Waals surface area contributed by atoms with E-state index in [1.807, 2.05) is 20.8 Å². The van der Waals surface area contributed by atoms with Crippen LogP contribution in [0.2, 0.25) is 0 Å². The second-order valence-corrected chi connectivity index (χ2v) is 5.78. The Balaban J connectivity index is 2.71. The molecule has 0 aliphatic carbocycles. The molecule has 1 N–H and O–H groups in total. The first-order valence-corrected chi connectivity index (χ1v) is 5.69. The number of aliphatic hydroxyl groups excluding tert-OH is 1. The van der Waals surface area contributed by atoms with Gasteiger partial charge >= 0.3 is 0 Å². The van der Waals surface area contributed by atoms with Crippen molar-refractivity contribution in [2.75, 3.05) is 6.54 Å². The monoisotopic (exact) mass is 227 g/mol. The molecule has 0 aromatic rings. The standard InChI is InChI=1S/C12H21NO3/c1-8(14)13-7-9(15)5-10(13)11(16)6-12(2,3)4/h9-10,15H,5-7H2,1-4H3. The molecule has 1 aliphatic heterocycles. The van der Waals surface area contributed by atoms with E-state index in [-0.39, 0.29) is 23.7 Å². The highest BCUT2D eigenvalue weighted by atomic mass is 16.3. The third-order valence-electron chi connectivity index (χ3n) is 2.76. The summed E-state index contributed by atoms with van der Waals surface area (Å²) in [6, 6.07) is -0.424. The highest BCUT2D eigenvalue weighted by Gasteiger charge is 2.38. The maximum atomic E-state index is 12.0. The summed E-state index contributed by atoms with van der Waals surface area (Å²) in [6.07, 6.45) is 0.265. The summed E-state index contributed by atoms with van der Waals surface area (Å²) in [5.74, 6) is -0.0805. The van der Waals surface area contributed by atoms with Gasteiger partial charge in [-0.1, -0.05) is 20.8 Å². The number of likely N-dealkylation sites (tertiary alicyclic amines) is 1. The molecule has 0 aromatic heterocycles. The van der Waals surface area contributed by atoms with Gasteiger partial charge < -0.3 is 10.0 Å². The fourth-order valence-electron chi connectivity index (χ4n) is 2.11. The Morgan fingerprint density at radius 2 is 1.94 bits per heavy atom. The van der Waals surface area contributed by atoms with Crippen molar-refractivity contribution in [3.8, 4) is 0 Å². The lowest BCUT2D eigenvalue weighted by Crippen LogP contribution is -2.40. The summed E-state index contributed by atoms with van der Waals surface area (Å²) < 4.78 is 0. The minimum absolute atomic E-state index is 0.0549. The minimum atomic E-state index is -0.558. The first kappa shape index (κ1) is 13.2. The molecule has 1 rings (SSSR count). The first-order chi connectivity index (χ1) is 7.20. The number of hydrogen-bond acceptors (Lipinski definition) is 3. The van der Waals surface area contributed by atoms with Gasteiger partial charge in [-0.15, -0.1) is 0 Å². The SMILES string of the molecule is CC(=O)N1CC(O)CC1C(=O)CC(C)(C)C. The molecule has 4 nitrogen and oxygen atoms in total. The predicted molar refractivity (Wildman–Crippen MR) is 60.9 cm³/mol. The quantitative estimate of drug-likeness (QED) is 0.765. The summed E-state index contributed by atoms with van der Waals surface area (Å²) in [5, 5.41) is 9.52. The van der Waals surface area contributed by atoms with Crippen LogP contribution in [0.15, 0.2) is 0 Å². The zero-order valence-corrected chi connectivity index (χ0v) is 10.5. The molecule has 0 saturated carbocycles. The molecule has 1 fully saturated rings. The van der Waals surface area contributed by atoms with Gasteiger partial charge in [0.25, 0.3) is 0 Å². The summed E-state index contributed by atoms with van der Waals surface area (Å²) in [4.78, 5) is 24.8. The van der Waals surface area contributed by atoms with Crippen molar-refractivity contribution in [3.63, 3.8) is 0 Å². The van der Waals surface area contributed by atoms with E-state index in [9.17, 15) is 14.7 Å². The Morgan fingerprint density at radius 3 is 2.38 bits per heavy atom. The number of hydrogen-bond donors (Lipinski definition) is 1. The van der Waals surface area contributed by atoms with Crippen molar-refractivity contribution >= 4 is 11.7 Å². The van der Waals surface area contributed by atoms with Crippen LogP contribution in [0.4, 0.5) is 0 Å². The van der Waals surface area contributed by atoms with Gasteiger partial charge in [0, 0.05) is 26.3 Å². The zero-order chi connectivity index (χ0) is 12.5. The van der Waals surface area contributed by atoms with E-state index in [4.69, 9.17) is 0 Å². The molecule has 0 aromatic carbocycles. The van der Waals surface area contributed by atoms with Gasteiger partial charge in [0.2, 0.25) is 5.91 Å². The Labute approximate surface area is 96.6 Å². The smallest absolute Gasteiger partial charge is 0.220 e. The van der Waals surface area contributed by atoms with E-state index < -0.39 is 12.1 Å².